The number of carboxylic acid groups (broad SMARTS) is 1. The first kappa shape index (κ1) is 13.9. The van der Waals surface area contributed by atoms with Crippen molar-refractivity contribution in [3.63, 3.8) is 0 Å². The zero-order chi connectivity index (χ0) is 13.5. The van der Waals surface area contributed by atoms with Crippen LogP contribution < -0.4 is 5.32 Å². The van der Waals surface area contributed by atoms with Crippen LogP contribution in [0, 0.1) is 10.1 Å². The molecule has 1 aromatic heterocycles. The van der Waals surface area contributed by atoms with Crippen LogP contribution in [0.2, 0.25) is 0 Å². The Morgan fingerprint density at radius 3 is 3.00 bits per heavy atom. The van der Waals surface area contributed by atoms with E-state index < -0.39 is 10.9 Å². The van der Waals surface area contributed by atoms with E-state index in [0.29, 0.717) is 18.5 Å². The molecule has 0 amide bonds. The minimum atomic E-state index is -0.836. The van der Waals surface area contributed by atoms with Gasteiger partial charge >= 0.3 is 11.7 Å². The molecule has 18 heavy (non-hydrogen) atoms. The first-order valence-electron chi connectivity index (χ1n) is 5.57. The number of aliphatic carboxylic acids is 1. The summed E-state index contributed by atoms with van der Waals surface area (Å²) in [6.45, 7) is 1.85. The highest BCUT2D eigenvalue weighted by Crippen LogP contribution is 2.23. The van der Waals surface area contributed by atoms with Crippen molar-refractivity contribution < 1.29 is 14.8 Å². The van der Waals surface area contributed by atoms with E-state index >= 15 is 0 Å². The summed E-state index contributed by atoms with van der Waals surface area (Å²) < 4.78 is 0. The summed E-state index contributed by atoms with van der Waals surface area (Å²) in [5.74, 6) is -0.836. The number of anilines is 1. The van der Waals surface area contributed by atoms with Crippen molar-refractivity contribution in [1.29, 1.82) is 0 Å². The quantitative estimate of drug-likeness (QED) is 0.569. The van der Waals surface area contributed by atoms with Crippen molar-refractivity contribution in [2.45, 2.75) is 32.2 Å². The SMILES string of the molecule is CC(CCCC(=O)O)Nc1ccncc1[N+](=O)[O-]. The summed E-state index contributed by atoms with van der Waals surface area (Å²) in [6.07, 6.45) is 3.92. The number of carboxylic acids is 1. The van der Waals surface area contributed by atoms with Crippen LogP contribution in [0.5, 0.6) is 0 Å². The van der Waals surface area contributed by atoms with Gasteiger partial charge in [-0.25, -0.2) is 0 Å². The summed E-state index contributed by atoms with van der Waals surface area (Å²) >= 11 is 0. The summed E-state index contributed by atoms with van der Waals surface area (Å²) in [5, 5.41) is 22.3. The molecule has 0 aromatic carbocycles. The molecule has 1 rings (SSSR count). The van der Waals surface area contributed by atoms with E-state index in [1.165, 1.54) is 18.5 Å². The van der Waals surface area contributed by atoms with E-state index in [9.17, 15) is 14.9 Å². The van der Waals surface area contributed by atoms with Crippen molar-refractivity contribution in [2.24, 2.45) is 0 Å². The van der Waals surface area contributed by atoms with Crippen molar-refractivity contribution in [2.75, 3.05) is 5.32 Å². The average Bonchev–Trinajstić information content (AvgIpc) is 2.28. The van der Waals surface area contributed by atoms with Crippen LogP contribution >= 0.6 is 0 Å². The summed E-state index contributed by atoms with van der Waals surface area (Å²) in [4.78, 5) is 24.3. The van der Waals surface area contributed by atoms with Crippen molar-refractivity contribution in [3.05, 3.63) is 28.6 Å². The molecule has 0 bridgehead atoms. The maximum absolute atomic E-state index is 10.8. The van der Waals surface area contributed by atoms with Gasteiger partial charge < -0.3 is 10.4 Å². The molecule has 0 aliphatic carbocycles. The minimum absolute atomic E-state index is 0.0366. The fraction of sp³-hybridized carbons (Fsp3) is 0.455. The van der Waals surface area contributed by atoms with Crippen molar-refractivity contribution >= 4 is 17.3 Å². The van der Waals surface area contributed by atoms with Gasteiger partial charge in [-0.05, 0) is 25.8 Å². The Morgan fingerprint density at radius 1 is 1.67 bits per heavy atom. The molecular formula is C11H15N3O4. The van der Waals surface area contributed by atoms with Gasteiger partial charge in [0.25, 0.3) is 0 Å². The van der Waals surface area contributed by atoms with E-state index in [-0.39, 0.29) is 18.2 Å². The van der Waals surface area contributed by atoms with Crippen LogP contribution in [0.15, 0.2) is 18.5 Å². The Hall–Kier alpha value is -2.18. The first-order chi connectivity index (χ1) is 8.50. The Labute approximate surface area is 104 Å². The molecular weight excluding hydrogens is 238 g/mol. The highest BCUT2D eigenvalue weighted by molar-refractivity contribution is 5.66. The number of pyridine rings is 1. The van der Waals surface area contributed by atoms with E-state index in [4.69, 9.17) is 5.11 Å². The summed E-state index contributed by atoms with van der Waals surface area (Å²) in [7, 11) is 0. The predicted molar refractivity (Wildman–Crippen MR) is 65.5 cm³/mol. The standard InChI is InChI=1S/C11H15N3O4/c1-8(3-2-4-11(15)16)13-9-5-6-12-7-10(9)14(17)18/h5-8H,2-4H2,1H3,(H,12,13)(H,15,16). The van der Waals surface area contributed by atoms with Crippen LogP contribution in [0.3, 0.4) is 0 Å². The van der Waals surface area contributed by atoms with Gasteiger partial charge in [-0.1, -0.05) is 0 Å². The lowest BCUT2D eigenvalue weighted by molar-refractivity contribution is -0.384. The highest BCUT2D eigenvalue weighted by Gasteiger charge is 2.14. The number of nitrogens with zero attached hydrogens (tertiary/aromatic N) is 2. The highest BCUT2D eigenvalue weighted by atomic mass is 16.6. The van der Waals surface area contributed by atoms with Gasteiger partial charge in [0.2, 0.25) is 0 Å². The average molecular weight is 253 g/mol. The van der Waals surface area contributed by atoms with Crippen molar-refractivity contribution in [3.8, 4) is 0 Å². The second-order valence-electron chi connectivity index (χ2n) is 3.98. The van der Waals surface area contributed by atoms with E-state index in [2.05, 4.69) is 10.3 Å². The van der Waals surface area contributed by atoms with Crippen LogP contribution in [0.4, 0.5) is 11.4 Å². The minimum Gasteiger partial charge on any atom is -0.481 e. The van der Waals surface area contributed by atoms with E-state index in [1.54, 1.807) is 0 Å². The molecule has 0 fully saturated rings. The number of hydrogen-bond donors (Lipinski definition) is 2. The topological polar surface area (TPSA) is 105 Å². The van der Waals surface area contributed by atoms with Crippen LogP contribution in [0.25, 0.3) is 0 Å². The molecule has 0 saturated heterocycles. The van der Waals surface area contributed by atoms with E-state index in [0.717, 1.165) is 0 Å². The molecule has 98 valence electrons. The third-order valence-electron chi connectivity index (χ3n) is 2.43. The third-order valence-corrected chi connectivity index (χ3v) is 2.43. The van der Waals surface area contributed by atoms with Gasteiger partial charge in [-0.3, -0.25) is 19.9 Å². The van der Waals surface area contributed by atoms with Crippen LogP contribution in [0.1, 0.15) is 26.2 Å². The molecule has 0 aliphatic heterocycles. The molecule has 0 aliphatic rings. The largest absolute Gasteiger partial charge is 0.481 e. The lowest BCUT2D eigenvalue weighted by Gasteiger charge is -2.14. The fourth-order valence-electron chi connectivity index (χ4n) is 1.55. The van der Waals surface area contributed by atoms with Gasteiger partial charge in [-0.15, -0.1) is 0 Å². The van der Waals surface area contributed by atoms with Crippen LogP contribution in [-0.4, -0.2) is 27.0 Å². The van der Waals surface area contributed by atoms with Gasteiger partial charge in [0.05, 0.1) is 4.92 Å². The number of carbonyl (C=O) groups is 1. The number of nitro groups is 1. The Bertz CT molecular complexity index is 436. The molecule has 1 heterocycles. The van der Waals surface area contributed by atoms with Crippen LogP contribution in [-0.2, 0) is 4.79 Å². The number of nitrogens with one attached hydrogen (secondary N) is 1. The monoisotopic (exact) mass is 253 g/mol. The molecule has 0 spiro atoms. The number of rotatable bonds is 7. The maximum atomic E-state index is 10.8. The predicted octanol–water partition coefficient (Wildman–Crippen LogP) is 2.05. The fourth-order valence-corrected chi connectivity index (χ4v) is 1.55. The molecule has 0 radical (unpaired) electrons. The molecule has 2 N–H and O–H groups in total. The first-order valence-corrected chi connectivity index (χ1v) is 5.57. The summed E-state index contributed by atoms with van der Waals surface area (Å²) in [6, 6.07) is 1.50. The molecule has 7 heteroatoms. The van der Waals surface area contributed by atoms with Gasteiger partial charge in [-0.2, -0.15) is 0 Å². The Balaban J connectivity index is 2.56. The molecule has 1 aromatic rings. The third kappa shape index (κ3) is 4.36. The number of aromatic nitrogens is 1. The lowest BCUT2D eigenvalue weighted by Crippen LogP contribution is -2.16. The van der Waals surface area contributed by atoms with Gasteiger partial charge in [0.1, 0.15) is 11.9 Å². The molecule has 7 nitrogen and oxygen atoms in total. The Morgan fingerprint density at radius 2 is 2.39 bits per heavy atom. The van der Waals surface area contributed by atoms with Crippen molar-refractivity contribution in [1.82, 2.24) is 4.98 Å². The Kier molecular flexibility index (Phi) is 5.04. The molecule has 1 atom stereocenters. The van der Waals surface area contributed by atoms with Gasteiger partial charge in [0, 0.05) is 18.7 Å². The molecule has 0 saturated carbocycles. The smallest absolute Gasteiger partial charge is 0.310 e. The number of hydrogen-bond acceptors (Lipinski definition) is 5. The maximum Gasteiger partial charge on any atom is 0.310 e. The lowest BCUT2D eigenvalue weighted by atomic mass is 10.1. The molecule has 1 unspecified atom stereocenters. The normalized spacial score (nSPS) is 11.8. The summed E-state index contributed by atoms with van der Waals surface area (Å²) in [5.41, 5.74) is 0.320. The second-order valence-corrected chi connectivity index (χ2v) is 3.98. The zero-order valence-electron chi connectivity index (χ0n) is 10.00. The second kappa shape index (κ2) is 6.53. The zero-order valence-corrected chi connectivity index (χ0v) is 10.00. The van der Waals surface area contributed by atoms with Gasteiger partial charge in [0.15, 0.2) is 0 Å². The van der Waals surface area contributed by atoms with E-state index in [1.807, 2.05) is 6.92 Å².